The van der Waals surface area contributed by atoms with E-state index in [-0.39, 0.29) is 5.25 Å². The zero-order chi connectivity index (χ0) is 18.9. The van der Waals surface area contributed by atoms with Gasteiger partial charge < -0.3 is 0 Å². The van der Waals surface area contributed by atoms with Crippen LogP contribution in [0.1, 0.15) is 36.8 Å². The molecule has 1 aliphatic carbocycles. The van der Waals surface area contributed by atoms with E-state index in [0.717, 1.165) is 44.8 Å². The zero-order valence-electron chi connectivity index (χ0n) is 14.9. The van der Waals surface area contributed by atoms with Crippen molar-refractivity contribution in [3.63, 3.8) is 0 Å². The molecule has 146 valence electrons. The summed E-state index contributed by atoms with van der Waals surface area (Å²) in [7, 11) is -1.48. The lowest BCUT2D eigenvalue weighted by Crippen LogP contribution is -2.40. The van der Waals surface area contributed by atoms with Gasteiger partial charge >= 0.3 is 6.18 Å². The van der Waals surface area contributed by atoms with Gasteiger partial charge in [0.2, 0.25) is 10.0 Å². The quantitative estimate of drug-likeness (QED) is 0.748. The SMILES string of the molecule is CN(CC1CCN(Cc2cccc(C(F)(F)F)c2)CC1)S(=O)(=O)C1CC1. The van der Waals surface area contributed by atoms with Crippen LogP contribution in [0, 0.1) is 5.92 Å². The molecule has 0 radical (unpaired) electrons. The molecule has 26 heavy (non-hydrogen) atoms. The topological polar surface area (TPSA) is 40.6 Å². The third-order valence-corrected chi connectivity index (χ3v) is 7.59. The van der Waals surface area contributed by atoms with E-state index in [2.05, 4.69) is 4.90 Å². The highest BCUT2D eigenvalue weighted by atomic mass is 32.2. The Morgan fingerprint density at radius 1 is 1.15 bits per heavy atom. The highest BCUT2D eigenvalue weighted by Crippen LogP contribution is 2.32. The predicted molar refractivity (Wildman–Crippen MR) is 94.0 cm³/mol. The lowest BCUT2D eigenvalue weighted by atomic mass is 9.96. The molecule has 0 bridgehead atoms. The van der Waals surface area contributed by atoms with E-state index in [1.54, 1.807) is 13.1 Å². The summed E-state index contributed by atoms with van der Waals surface area (Å²) in [5, 5.41) is -0.187. The van der Waals surface area contributed by atoms with Gasteiger partial charge in [-0.1, -0.05) is 18.2 Å². The van der Waals surface area contributed by atoms with Crippen LogP contribution >= 0.6 is 0 Å². The van der Waals surface area contributed by atoms with Crippen molar-refractivity contribution in [2.45, 2.75) is 43.7 Å². The molecule has 1 aliphatic heterocycles. The lowest BCUT2D eigenvalue weighted by molar-refractivity contribution is -0.137. The van der Waals surface area contributed by atoms with Crippen molar-refractivity contribution in [3.05, 3.63) is 35.4 Å². The van der Waals surface area contributed by atoms with E-state index >= 15 is 0 Å². The average molecular weight is 390 g/mol. The minimum Gasteiger partial charge on any atom is -0.299 e. The van der Waals surface area contributed by atoms with Crippen LogP contribution in [-0.4, -0.2) is 49.6 Å². The van der Waals surface area contributed by atoms with Crippen LogP contribution in [0.5, 0.6) is 0 Å². The van der Waals surface area contributed by atoms with Crippen molar-refractivity contribution >= 4 is 10.0 Å². The molecule has 0 atom stereocenters. The third kappa shape index (κ3) is 4.78. The van der Waals surface area contributed by atoms with Crippen molar-refractivity contribution in [2.24, 2.45) is 5.92 Å². The van der Waals surface area contributed by atoms with Gasteiger partial charge in [0.05, 0.1) is 10.8 Å². The normalized spacial score (nSPS) is 20.7. The number of benzene rings is 1. The van der Waals surface area contributed by atoms with Gasteiger partial charge in [0.15, 0.2) is 0 Å². The van der Waals surface area contributed by atoms with Crippen molar-refractivity contribution in [1.29, 1.82) is 0 Å². The molecule has 8 heteroatoms. The first-order chi connectivity index (χ1) is 12.2. The highest BCUT2D eigenvalue weighted by Gasteiger charge is 2.39. The first-order valence-corrected chi connectivity index (χ1v) is 10.5. The molecule has 2 fully saturated rings. The molecule has 2 aliphatic rings. The number of sulfonamides is 1. The van der Waals surface area contributed by atoms with E-state index in [9.17, 15) is 21.6 Å². The summed E-state index contributed by atoms with van der Waals surface area (Å²) in [6.07, 6.45) is -1.06. The van der Waals surface area contributed by atoms with Gasteiger partial charge in [0.1, 0.15) is 0 Å². The molecule has 0 aromatic heterocycles. The molecular formula is C18H25F3N2O2S. The molecule has 1 saturated carbocycles. The Kier molecular flexibility index (Phi) is 5.65. The summed E-state index contributed by atoms with van der Waals surface area (Å²) < 4.78 is 64.3. The summed E-state index contributed by atoms with van der Waals surface area (Å²) >= 11 is 0. The van der Waals surface area contributed by atoms with Crippen molar-refractivity contribution in [3.8, 4) is 0 Å². The van der Waals surface area contributed by atoms with Gasteiger partial charge in [0.25, 0.3) is 0 Å². The van der Waals surface area contributed by atoms with E-state index in [1.807, 2.05) is 0 Å². The number of halogens is 3. The van der Waals surface area contributed by atoms with Crippen LogP contribution in [0.4, 0.5) is 13.2 Å². The molecule has 3 rings (SSSR count). The second kappa shape index (κ2) is 7.48. The second-order valence-electron chi connectivity index (χ2n) is 7.44. The van der Waals surface area contributed by atoms with Crippen LogP contribution in [0.3, 0.4) is 0 Å². The maximum atomic E-state index is 12.8. The van der Waals surface area contributed by atoms with E-state index in [4.69, 9.17) is 0 Å². The smallest absolute Gasteiger partial charge is 0.299 e. The zero-order valence-corrected chi connectivity index (χ0v) is 15.7. The Bertz CT molecular complexity index is 724. The summed E-state index contributed by atoms with van der Waals surface area (Å²) in [5.41, 5.74) is 0.0449. The van der Waals surface area contributed by atoms with Gasteiger partial charge in [-0.25, -0.2) is 12.7 Å². The van der Waals surface area contributed by atoms with Crippen molar-refractivity contribution in [1.82, 2.24) is 9.21 Å². The summed E-state index contributed by atoms with van der Waals surface area (Å²) in [4.78, 5) is 2.14. The van der Waals surface area contributed by atoms with Crippen LogP contribution in [-0.2, 0) is 22.7 Å². The molecule has 0 N–H and O–H groups in total. The number of piperidine rings is 1. The summed E-state index contributed by atoms with van der Waals surface area (Å²) in [5.74, 6) is 0.311. The lowest BCUT2D eigenvalue weighted by Gasteiger charge is -2.33. The largest absolute Gasteiger partial charge is 0.416 e. The minimum atomic E-state index is -4.32. The fraction of sp³-hybridized carbons (Fsp3) is 0.667. The molecule has 0 amide bonds. The molecular weight excluding hydrogens is 365 g/mol. The number of hydrogen-bond donors (Lipinski definition) is 0. The Morgan fingerprint density at radius 3 is 2.38 bits per heavy atom. The monoisotopic (exact) mass is 390 g/mol. The maximum Gasteiger partial charge on any atom is 0.416 e. The molecule has 1 aromatic rings. The number of likely N-dealkylation sites (tertiary alicyclic amines) is 1. The Labute approximate surface area is 153 Å². The van der Waals surface area contributed by atoms with Gasteiger partial charge in [0, 0.05) is 20.1 Å². The fourth-order valence-corrected chi connectivity index (χ4v) is 5.18. The number of hydrogen-bond acceptors (Lipinski definition) is 3. The van der Waals surface area contributed by atoms with Crippen molar-refractivity contribution < 1.29 is 21.6 Å². The fourth-order valence-electron chi connectivity index (χ4n) is 3.52. The number of nitrogens with zero attached hydrogens (tertiary/aromatic N) is 2. The molecule has 0 spiro atoms. The molecule has 1 saturated heterocycles. The van der Waals surface area contributed by atoms with Gasteiger partial charge in [-0.15, -0.1) is 0 Å². The van der Waals surface area contributed by atoms with Crippen LogP contribution in [0.15, 0.2) is 24.3 Å². The first kappa shape index (κ1) is 19.6. The predicted octanol–water partition coefficient (Wildman–Crippen LogP) is 3.34. The van der Waals surface area contributed by atoms with Gasteiger partial charge in [-0.2, -0.15) is 13.2 Å². The maximum absolute atomic E-state index is 12.8. The van der Waals surface area contributed by atoms with Crippen LogP contribution < -0.4 is 0 Å². The molecule has 0 unspecified atom stereocenters. The molecule has 1 aromatic carbocycles. The van der Waals surface area contributed by atoms with Gasteiger partial charge in [-0.3, -0.25) is 4.90 Å². The van der Waals surface area contributed by atoms with Crippen molar-refractivity contribution in [2.75, 3.05) is 26.7 Å². The summed E-state index contributed by atoms with van der Waals surface area (Å²) in [6.45, 7) is 2.58. The van der Waals surface area contributed by atoms with Crippen LogP contribution in [0.25, 0.3) is 0 Å². The second-order valence-corrected chi connectivity index (χ2v) is 9.76. The van der Waals surface area contributed by atoms with E-state index in [0.29, 0.717) is 24.6 Å². The minimum absolute atomic E-state index is 0.187. The Morgan fingerprint density at radius 2 is 1.81 bits per heavy atom. The van der Waals surface area contributed by atoms with Gasteiger partial charge in [-0.05, 0) is 56.3 Å². The van der Waals surface area contributed by atoms with E-state index in [1.165, 1.54) is 16.4 Å². The third-order valence-electron chi connectivity index (χ3n) is 5.26. The van der Waals surface area contributed by atoms with Crippen LogP contribution in [0.2, 0.25) is 0 Å². The Hall–Kier alpha value is -1.12. The first-order valence-electron chi connectivity index (χ1n) is 9.00. The average Bonchev–Trinajstić information content (AvgIpc) is 3.41. The number of alkyl halides is 3. The molecule has 1 heterocycles. The summed E-state index contributed by atoms with van der Waals surface area (Å²) in [6, 6.07) is 5.47. The van der Waals surface area contributed by atoms with E-state index < -0.39 is 21.8 Å². The standard InChI is InChI=1S/C18H25F3N2O2S/c1-22(26(24,25)17-5-6-17)12-14-7-9-23(10-8-14)13-15-3-2-4-16(11-15)18(19,20)21/h2-4,11,14,17H,5-10,12-13H2,1H3. The highest BCUT2D eigenvalue weighted by molar-refractivity contribution is 7.90. The molecule has 4 nitrogen and oxygen atoms in total. The number of rotatable bonds is 6. The Balaban J connectivity index is 1.50.